The maximum Gasteiger partial charge on any atom is 0.304 e. The zero-order chi connectivity index (χ0) is 13.2. The molecule has 0 saturated carbocycles. The van der Waals surface area contributed by atoms with Crippen LogP contribution in [-0.4, -0.2) is 24.7 Å². The minimum Gasteiger partial charge on any atom is -0.481 e. The summed E-state index contributed by atoms with van der Waals surface area (Å²) < 4.78 is 49.7. The van der Waals surface area contributed by atoms with Gasteiger partial charge in [0, 0.05) is 0 Å². The summed E-state index contributed by atoms with van der Waals surface area (Å²) in [6.45, 7) is 1.13. The highest BCUT2D eigenvalue weighted by molar-refractivity contribution is 7.92. The minimum atomic E-state index is -4.18. The van der Waals surface area contributed by atoms with Gasteiger partial charge in [-0.3, -0.25) is 4.79 Å². The summed E-state index contributed by atoms with van der Waals surface area (Å²) in [6.07, 6.45) is -0.668. The molecule has 7 heteroatoms. The SMILES string of the molecule is CC(CC(=O)O)S(=O)(=O)c1cc(F)ccc1F. The molecule has 1 rings (SSSR count). The Hall–Kier alpha value is -1.50. The molecule has 0 radical (unpaired) electrons. The van der Waals surface area contributed by atoms with Crippen LogP contribution in [0.15, 0.2) is 23.1 Å². The van der Waals surface area contributed by atoms with Crippen LogP contribution in [0.4, 0.5) is 8.78 Å². The number of carboxylic acid groups (broad SMARTS) is 1. The van der Waals surface area contributed by atoms with E-state index in [4.69, 9.17) is 5.11 Å². The van der Waals surface area contributed by atoms with Gasteiger partial charge in [0.2, 0.25) is 0 Å². The summed E-state index contributed by atoms with van der Waals surface area (Å²) in [7, 11) is -4.18. The second kappa shape index (κ2) is 4.79. The molecule has 0 aliphatic rings. The summed E-state index contributed by atoms with van der Waals surface area (Å²) >= 11 is 0. The number of halogens is 2. The van der Waals surface area contributed by atoms with Crippen molar-refractivity contribution >= 4 is 15.8 Å². The lowest BCUT2D eigenvalue weighted by Gasteiger charge is -2.11. The molecule has 94 valence electrons. The fourth-order valence-corrected chi connectivity index (χ4v) is 2.68. The highest BCUT2D eigenvalue weighted by atomic mass is 32.2. The number of sulfone groups is 1. The van der Waals surface area contributed by atoms with Crippen LogP contribution >= 0.6 is 0 Å². The molecule has 0 heterocycles. The predicted molar refractivity (Wildman–Crippen MR) is 55.3 cm³/mol. The van der Waals surface area contributed by atoms with Crippen LogP contribution in [-0.2, 0) is 14.6 Å². The fourth-order valence-electron chi connectivity index (χ4n) is 1.27. The molecule has 17 heavy (non-hydrogen) atoms. The maximum absolute atomic E-state index is 13.3. The van der Waals surface area contributed by atoms with Crippen molar-refractivity contribution in [3.05, 3.63) is 29.8 Å². The first-order chi connectivity index (χ1) is 7.75. The molecule has 0 aliphatic heterocycles. The van der Waals surface area contributed by atoms with Gasteiger partial charge in [-0.15, -0.1) is 0 Å². The van der Waals surface area contributed by atoms with Crippen molar-refractivity contribution in [1.82, 2.24) is 0 Å². The van der Waals surface area contributed by atoms with E-state index in [1.165, 1.54) is 0 Å². The molecule has 1 N–H and O–H groups in total. The zero-order valence-electron chi connectivity index (χ0n) is 8.85. The van der Waals surface area contributed by atoms with Crippen LogP contribution in [0, 0.1) is 11.6 Å². The molecule has 4 nitrogen and oxygen atoms in total. The Morgan fingerprint density at radius 3 is 2.53 bits per heavy atom. The molecular formula is C10H10F2O4S. The predicted octanol–water partition coefficient (Wildman–Crippen LogP) is 1.60. The highest BCUT2D eigenvalue weighted by Gasteiger charge is 2.28. The van der Waals surface area contributed by atoms with Gasteiger partial charge >= 0.3 is 5.97 Å². The average molecular weight is 264 g/mol. The monoisotopic (exact) mass is 264 g/mol. The third-order valence-corrected chi connectivity index (χ3v) is 4.34. The lowest BCUT2D eigenvalue weighted by atomic mass is 10.3. The first-order valence-electron chi connectivity index (χ1n) is 4.66. The lowest BCUT2D eigenvalue weighted by Crippen LogP contribution is -2.22. The molecule has 0 saturated heterocycles. The smallest absolute Gasteiger partial charge is 0.304 e. The van der Waals surface area contributed by atoms with E-state index in [9.17, 15) is 22.0 Å². The van der Waals surface area contributed by atoms with Crippen LogP contribution in [0.25, 0.3) is 0 Å². The zero-order valence-corrected chi connectivity index (χ0v) is 9.67. The quantitative estimate of drug-likeness (QED) is 0.896. The topological polar surface area (TPSA) is 71.4 Å². The van der Waals surface area contributed by atoms with Gasteiger partial charge in [-0.25, -0.2) is 17.2 Å². The van der Waals surface area contributed by atoms with Gasteiger partial charge in [-0.2, -0.15) is 0 Å². The molecule has 0 bridgehead atoms. The summed E-state index contributed by atoms with van der Waals surface area (Å²) in [4.78, 5) is 9.59. The standard InChI is InChI=1S/C10H10F2O4S/c1-6(4-10(13)14)17(15,16)9-5-7(11)2-3-8(9)12/h2-3,5-6H,4H2,1H3,(H,13,14). The highest BCUT2D eigenvalue weighted by Crippen LogP contribution is 2.22. The summed E-state index contributed by atoms with van der Waals surface area (Å²) in [5.74, 6) is -3.31. The molecular weight excluding hydrogens is 254 g/mol. The van der Waals surface area contributed by atoms with Crippen LogP contribution in [0.5, 0.6) is 0 Å². The van der Waals surface area contributed by atoms with Crippen molar-refractivity contribution in [3.63, 3.8) is 0 Å². The molecule has 0 amide bonds. The van der Waals surface area contributed by atoms with E-state index in [1.807, 2.05) is 0 Å². The average Bonchev–Trinajstić information content (AvgIpc) is 2.20. The molecule has 0 aromatic heterocycles. The van der Waals surface area contributed by atoms with E-state index in [2.05, 4.69) is 0 Å². The number of hydrogen-bond acceptors (Lipinski definition) is 3. The van der Waals surface area contributed by atoms with Crippen LogP contribution in [0.3, 0.4) is 0 Å². The Kier molecular flexibility index (Phi) is 3.82. The van der Waals surface area contributed by atoms with E-state index in [0.29, 0.717) is 12.1 Å². The van der Waals surface area contributed by atoms with Crippen molar-refractivity contribution in [1.29, 1.82) is 0 Å². The van der Waals surface area contributed by atoms with Crippen LogP contribution in [0.1, 0.15) is 13.3 Å². The molecule has 1 aromatic rings. The summed E-state index contributed by atoms with van der Waals surface area (Å²) in [5.41, 5.74) is 0. The third kappa shape index (κ3) is 3.00. The van der Waals surface area contributed by atoms with Crippen molar-refractivity contribution in [3.8, 4) is 0 Å². The minimum absolute atomic E-state index is 0.545. The van der Waals surface area contributed by atoms with Crippen molar-refractivity contribution in [2.75, 3.05) is 0 Å². The number of aliphatic carboxylic acids is 1. The summed E-state index contributed by atoms with van der Waals surface area (Å²) in [5, 5.41) is 7.16. The maximum atomic E-state index is 13.3. The number of carbonyl (C=O) groups is 1. The van der Waals surface area contributed by atoms with Crippen molar-refractivity contribution in [2.45, 2.75) is 23.5 Å². The Labute approximate surface area is 96.8 Å². The lowest BCUT2D eigenvalue weighted by molar-refractivity contribution is -0.136. The van der Waals surface area contributed by atoms with E-state index in [1.54, 1.807) is 0 Å². The van der Waals surface area contributed by atoms with Crippen molar-refractivity contribution in [2.24, 2.45) is 0 Å². The van der Waals surface area contributed by atoms with Gasteiger partial charge in [0.15, 0.2) is 9.84 Å². The second-order valence-corrected chi connectivity index (χ2v) is 5.86. The molecule has 0 spiro atoms. The Bertz CT molecular complexity index is 539. The fraction of sp³-hybridized carbons (Fsp3) is 0.300. The van der Waals surface area contributed by atoms with E-state index >= 15 is 0 Å². The van der Waals surface area contributed by atoms with E-state index in [-0.39, 0.29) is 0 Å². The number of hydrogen-bond donors (Lipinski definition) is 1. The van der Waals surface area contributed by atoms with Gasteiger partial charge in [0.05, 0.1) is 11.7 Å². The second-order valence-electron chi connectivity index (χ2n) is 3.53. The van der Waals surface area contributed by atoms with Gasteiger partial charge in [0.1, 0.15) is 16.5 Å². The molecule has 1 aromatic carbocycles. The first-order valence-corrected chi connectivity index (χ1v) is 6.20. The molecule has 1 unspecified atom stereocenters. The van der Waals surface area contributed by atoms with Gasteiger partial charge in [-0.1, -0.05) is 0 Å². The van der Waals surface area contributed by atoms with Gasteiger partial charge < -0.3 is 5.11 Å². The molecule has 0 aliphatic carbocycles. The Morgan fingerprint density at radius 1 is 1.41 bits per heavy atom. The number of rotatable bonds is 4. The number of carboxylic acids is 1. The van der Waals surface area contributed by atoms with Crippen LogP contribution in [0.2, 0.25) is 0 Å². The van der Waals surface area contributed by atoms with Crippen molar-refractivity contribution < 1.29 is 27.1 Å². The number of benzene rings is 1. The van der Waals surface area contributed by atoms with E-state index in [0.717, 1.165) is 13.0 Å². The largest absolute Gasteiger partial charge is 0.481 e. The van der Waals surface area contributed by atoms with Gasteiger partial charge in [-0.05, 0) is 25.1 Å². The first kappa shape index (κ1) is 13.6. The van der Waals surface area contributed by atoms with Gasteiger partial charge in [0.25, 0.3) is 0 Å². The third-order valence-electron chi connectivity index (χ3n) is 2.19. The molecule has 0 fully saturated rings. The Balaban J connectivity index is 3.21. The summed E-state index contributed by atoms with van der Waals surface area (Å²) in [6, 6.07) is 2.02. The Morgan fingerprint density at radius 2 is 2.00 bits per heavy atom. The molecule has 1 atom stereocenters. The van der Waals surface area contributed by atoms with Crippen LogP contribution < -0.4 is 0 Å². The normalized spacial score (nSPS) is 13.4. The van der Waals surface area contributed by atoms with E-state index < -0.39 is 44.0 Å².